The topological polar surface area (TPSA) is 35.2 Å². The van der Waals surface area contributed by atoms with Crippen molar-refractivity contribution in [2.24, 2.45) is 5.73 Å². The molecule has 0 atom stereocenters. The molecule has 68 valence electrons. The van der Waals surface area contributed by atoms with Crippen molar-refractivity contribution in [3.05, 3.63) is 35.0 Å². The third-order valence-electron chi connectivity index (χ3n) is 2.11. The first-order valence-corrected chi connectivity index (χ1v) is 4.45. The molecule has 1 heterocycles. The van der Waals surface area contributed by atoms with Gasteiger partial charge in [-0.05, 0) is 36.3 Å². The number of hydrogen-bond donors (Lipinski definition) is 1. The van der Waals surface area contributed by atoms with Gasteiger partial charge in [0.25, 0.3) is 0 Å². The summed E-state index contributed by atoms with van der Waals surface area (Å²) in [6.45, 7) is 2.70. The van der Waals surface area contributed by atoms with Crippen molar-refractivity contribution in [1.82, 2.24) is 0 Å². The molecule has 2 rings (SSSR count). The summed E-state index contributed by atoms with van der Waals surface area (Å²) in [7, 11) is 0. The minimum absolute atomic E-state index is 0.810. The highest BCUT2D eigenvalue weighted by Crippen LogP contribution is 2.26. The average Bonchev–Trinajstić information content (AvgIpc) is 2.49. The van der Waals surface area contributed by atoms with Crippen LogP contribution in [0.1, 0.15) is 18.1 Å². The zero-order valence-electron chi connectivity index (χ0n) is 7.71. The van der Waals surface area contributed by atoms with E-state index in [4.69, 9.17) is 10.5 Å². The van der Waals surface area contributed by atoms with Crippen LogP contribution in [0.25, 0.3) is 6.08 Å². The van der Waals surface area contributed by atoms with E-state index in [1.54, 1.807) is 0 Å². The second-order valence-corrected chi connectivity index (χ2v) is 3.35. The molecule has 13 heavy (non-hydrogen) atoms. The molecule has 1 aliphatic rings. The zero-order chi connectivity index (χ0) is 9.26. The summed E-state index contributed by atoms with van der Waals surface area (Å²) in [6, 6.07) is 6.18. The molecule has 2 nitrogen and oxygen atoms in total. The normalized spacial score (nSPS) is 15.3. The van der Waals surface area contributed by atoms with E-state index in [0.717, 1.165) is 30.0 Å². The molecule has 0 aromatic heterocycles. The van der Waals surface area contributed by atoms with Crippen LogP contribution in [0.2, 0.25) is 0 Å². The fourth-order valence-corrected chi connectivity index (χ4v) is 1.56. The second-order valence-electron chi connectivity index (χ2n) is 3.35. The van der Waals surface area contributed by atoms with Crippen LogP contribution in [-0.2, 0) is 6.42 Å². The highest BCUT2D eigenvalue weighted by atomic mass is 16.5. The van der Waals surface area contributed by atoms with Gasteiger partial charge in [-0.1, -0.05) is 6.07 Å². The van der Waals surface area contributed by atoms with Crippen molar-refractivity contribution in [3.63, 3.8) is 0 Å². The summed E-state index contributed by atoms with van der Waals surface area (Å²) in [4.78, 5) is 0. The largest absolute Gasteiger partial charge is 0.493 e. The number of allylic oxidation sites excluding steroid dienone is 1. The number of ether oxygens (including phenoxy) is 1. The van der Waals surface area contributed by atoms with Gasteiger partial charge in [-0.25, -0.2) is 0 Å². The van der Waals surface area contributed by atoms with Crippen LogP contribution < -0.4 is 10.5 Å². The van der Waals surface area contributed by atoms with Gasteiger partial charge in [-0.15, -0.1) is 0 Å². The van der Waals surface area contributed by atoms with Gasteiger partial charge in [0.2, 0.25) is 0 Å². The summed E-state index contributed by atoms with van der Waals surface area (Å²) < 4.78 is 5.41. The predicted octanol–water partition coefficient (Wildman–Crippen LogP) is 1.94. The molecule has 0 saturated heterocycles. The lowest BCUT2D eigenvalue weighted by atomic mass is 10.1. The maximum absolute atomic E-state index is 5.60. The van der Waals surface area contributed by atoms with Crippen molar-refractivity contribution in [2.45, 2.75) is 13.3 Å². The van der Waals surface area contributed by atoms with Gasteiger partial charge in [0.05, 0.1) is 6.61 Å². The molecule has 0 radical (unpaired) electrons. The third kappa shape index (κ3) is 1.66. The van der Waals surface area contributed by atoms with Crippen LogP contribution in [0.4, 0.5) is 0 Å². The molecule has 0 aliphatic carbocycles. The van der Waals surface area contributed by atoms with Gasteiger partial charge in [0.15, 0.2) is 0 Å². The number of rotatable bonds is 1. The molecule has 0 spiro atoms. The first kappa shape index (κ1) is 8.17. The number of fused-ring (bicyclic) bond motifs is 1. The zero-order valence-corrected chi connectivity index (χ0v) is 7.71. The Morgan fingerprint density at radius 2 is 2.38 bits per heavy atom. The van der Waals surface area contributed by atoms with Crippen molar-refractivity contribution in [1.29, 1.82) is 0 Å². The van der Waals surface area contributed by atoms with Gasteiger partial charge in [-0.2, -0.15) is 0 Å². The number of hydrogen-bond acceptors (Lipinski definition) is 2. The summed E-state index contributed by atoms with van der Waals surface area (Å²) >= 11 is 0. The molecular weight excluding hydrogens is 162 g/mol. The van der Waals surface area contributed by atoms with E-state index >= 15 is 0 Å². The molecule has 2 N–H and O–H groups in total. The molecule has 1 aromatic carbocycles. The predicted molar refractivity (Wildman–Crippen MR) is 53.5 cm³/mol. The molecule has 2 heteroatoms. The Morgan fingerprint density at radius 3 is 3.15 bits per heavy atom. The van der Waals surface area contributed by atoms with Gasteiger partial charge in [0.1, 0.15) is 5.75 Å². The van der Waals surface area contributed by atoms with Gasteiger partial charge < -0.3 is 10.5 Å². The fraction of sp³-hybridized carbons (Fsp3) is 0.273. The molecule has 0 saturated carbocycles. The summed E-state index contributed by atoms with van der Waals surface area (Å²) in [5.41, 5.74) is 8.88. The van der Waals surface area contributed by atoms with Gasteiger partial charge in [0, 0.05) is 12.1 Å². The standard InChI is InChI=1S/C11H13NO/c1-8(12)6-9-2-3-11-10(7-9)4-5-13-11/h2-3,6-7H,4-5,12H2,1H3. The second kappa shape index (κ2) is 3.13. The summed E-state index contributed by atoms with van der Waals surface area (Å²) in [5, 5.41) is 0. The van der Waals surface area contributed by atoms with Gasteiger partial charge in [-0.3, -0.25) is 0 Å². The van der Waals surface area contributed by atoms with E-state index in [1.165, 1.54) is 5.56 Å². The Morgan fingerprint density at radius 1 is 1.54 bits per heavy atom. The molecule has 0 fully saturated rings. The lowest BCUT2D eigenvalue weighted by Crippen LogP contribution is -1.89. The van der Waals surface area contributed by atoms with Crippen molar-refractivity contribution in [3.8, 4) is 5.75 Å². The van der Waals surface area contributed by atoms with Crippen LogP contribution in [0, 0.1) is 0 Å². The van der Waals surface area contributed by atoms with E-state index in [0.29, 0.717) is 0 Å². The summed E-state index contributed by atoms with van der Waals surface area (Å²) in [6.07, 6.45) is 2.99. The van der Waals surface area contributed by atoms with E-state index < -0.39 is 0 Å². The third-order valence-corrected chi connectivity index (χ3v) is 2.11. The minimum atomic E-state index is 0.810. The van der Waals surface area contributed by atoms with E-state index in [-0.39, 0.29) is 0 Å². The Hall–Kier alpha value is -1.44. The molecule has 1 aliphatic heterocycles. The smallest absolute Gasteiger partial charge is 0.122 e. The Bertz CT molecular complexity index is 351. The first-order valence-electron chi connectivity index (χ1n) is 4.45. The molecule has 1 aromatic rings. The minimum Gasteiger partial charge on any atom is -0.493 e. The lowest BCUT2D eigenvalue weighted by molar-refractivity contribution is 0.357. The average molecular weight is 175 g/mol. The quantitative estimate of drug-likeness (QED) is 0.708. The van der Waals surface area contributed by atoms with Crippen molar-refractivity contribution in [2.75, 3.05) is 6.61 Å². The number of nitrogens with two attached hydrogens (primary N) is 1. The highest BCUT2D eigenvalue weighted by molar-refractivity contribution is 5.55. The summed E-state index contributed by atoms with van der Waals surface area (Å²) in [5.74, 6) is 1.02. The highest BCUT2D eigenvalue weighted by Gasteiger charge is 2.10. The Kier molecular flexibility index (Phi) is 1.97. The van der Waals surface area contributed by atoms with Crippen LogP contribution in [0.15, 0.2) is 23.9 Å². The molecule has 0 amide bonds. The Labute approximate surface area is 78.0 Å². The van der Waals surface area contributed by atoms with Gasteiger partial charge >= 0.3 is 0 Å². The molecular formula is C11H13NO. The van der Waals surface area contributed by atoms with Crippen LogP contribution in [0.3, 0.4) is 0 Å². The van der Waals surface area contributed by atoms with Crippen LogP contribution >= 0.6 is 0 Å². The molecule has 0 bridgehead atoms. The Balaban J connectivity index is 2.36. The molecule has 0 unspecified atom stereocenters. The van der Waals surface area contributed by atoms with E-state index in [1.807, 2.05) is 25.1 Å². The fourth-order valence-electron chi connectivity index (χ4n) is 1.56. The SMILES string of the molecule is CC(N)=Cc1ccc2c(c1)CCO2. The maximum Gasteiger partial charge on any atom is 0.122 e. The monoisotopic (exact) mass is 175 g/mol. The van der Waals surface area contributed by atoms with Crippen LogP contribution in [0.5, 0.6) is 5.75 Å². The van der Waals surface area contributed by atoms with E-state index in [9.17, 15) is 0 Å². The number of benzene rings is 1. The van der Waals surface area contributed by atoms with Crippen molar-refractivity contribution < 1.29 is 4.74 Å². The maximum atomic E-state index is 5.60. The van der Waals surface area contributed by atoms with Crippen molar-refractivity contribution >= 4 is 6.08 Å². The van der Waals surface area contributed by atoms with Crippen LogP contribution in [-0.4, -0.2) is 6.61 Å². The first-order chi connectivity index (χ1) is 6.25. The van der Waals surface area contributed by atoms with E-state index in [2.05, 4.69) is 6.07 Å². The lowest BCUT2D eigenvalue weighted by Gasteiger charge is -2.00.